The summed E-state index contributed by atoms with van der Waals surface area (Å²) < 4.78 is 0. The molecular weight excluding hydrogens is 186 g/mol. The lowest BCUT2D eigenvalue weighted by Crippen LogP contribution is -2.32. The van der Waals surface area contributed by atoms with Gasteiger partial charge in [0, 0.05) is 12.3 Å². The summed E-state index contributed by atoms with van der Waals surface area (Å²) in [6, 6.07) is 0. The number of carbonyl (C=O) groups is 1. The summed E-state index contributed by atoms with van der Waals surface area (Å²) in [6.07, 6.45) is 6.58. The van der Waals surface area contributed by atoms with Gasteiger partial charge in [0.1, 0.15) is 5.78 Å². The van der Waals surface area contributed by atoms with Gasteiger partial charge in [-0.1, -0.05) is 33.1 Å². The highest BCUT2D eigenvalue weighted by Gasteiger charge is 2.29. The third-order valence-corrected chi connectivity index (χ3v) is 3.87. The van der Waals surface area contributed by atoms with E-state index < -0.39 is 0 Å². The van der Waals surface area contributed by atoms with Crippen molar-refractivity contribution in [1.29, 1.82) is 0 Å². The van der Waals surface area contributed by atoms with Gasteiger partial charge in [0.05, 0.1) is 0 Å². The van der Waals surface area contributed by atoms with E-state index in [-0.39, 0.29) is 5.92 Å². The topological polar surface area (TPSA) is 43.1 Å². The zero-order chi connectivity index (χ0) is 11.3. The van der Waals surface area contributed by atoms with Crippen molar-refractivity contribution >= 4 is 5.78 Å². The molecule has 1 fully saturated rings. The summed E-state index contributed by atoms with van der Waals surface area (Å²) in [6.45, 7) is 5.01. The predicted octanol–water partition coefficient (Wildman–Crippen LogP) is 2.76. The van der Waals surface area contributed by atoms with Crippen LogP contribution in [-0.2, 0) is 4.79 Å². The van der Waals surface area contributed by atoms with Crippen LogP contribution in [0.1, 0.15) is 52.4 Å². The molecule has 1 aliphatic carbocycles. The number of hydrogen-bond donors (Lipinski definition) is 1. The molecule has 1 rings (SSSR count). The van der Waals surface area contributed by atoms with Crippen LogP contribution in [-0.4, -0.2) is 12.3 Å². The smallest absolute Gasteiger partial charge is 0.136 e. The molecule has 3 unspecified atom stereocenters. The maximum Gasteiger partial charge on any atom is 0.136 e. The second-order valence-corrected chi connectivity index (χ2v) is 5.07. The third-order valence-electron chi connectivity index (χ3n) is 3.87. The lowest BCUT2D eigenvalue weighted by molar-refractivity contribution is -0.126. The van der Waals surface area contributed by atoms with E-state index in [4.69, 9.17) is 5.73 Å². The van der Waals surface area contributed by atoms with Gasteiger partial charge < -0.3 is 5.73 Å². The van der Waals surface area contributed by atoms with Crippen molar-refractivity contribution in [2.24, 2.45) is 23.5 Å². The third kappa shape index (κ3) is 3.60. The first-order valence-electron chi connectivity index (χ1n) is 6.41. The second-order valence-electron chi connectivity index (χ2n) is 5.07. The van der Waals surface area contributed by atoms with Crippen LogP contribution >= 0.6 is 0 Å². The minimum Gasteiger partial charge on any atom is -0.330 e. The highest BCUT2D eigenvalue weighted by atomic mass is 16.1. The fourth-order valence-corrected chi connectivity index (χ4v) is 2.55. The van der Waals surface area contributed by atoms with E-state index in [0.717, 1.165) is 25.7 Å². The molecule has 0 aromatic rings. The van der Waals surface area contributed by atoms with Crippen LogP contribution in [0.3, 0.4) is 0 Å². The molecule has 0 saturated heterocycles. The Morgan fingerprint density at radius 3 is 2.67 bits per heavy atom. The summed E-state index contributed by atoms with van der Waals surface area (Å²) in [7, 11) is 0. The molecule has 0 bridgehead atoms. The normalized spacial score (nSPS) is 28.7. The van der Waals surface area contributed by atoms with Gasteiger partial charge in [0.15, 0.2) is 0 Å². The molecule has 1 aliphatic rings. The van der Waals surface area contributed by atoms with Crippen molar-refractivity contribution in [2.45, 2.75) is 52.4 Å². The summed E-state index contributed by atoms with van der Waals surface area (Å²) in [5.41, 5.74) is 5.74. The Labute approximate surface area is 93.6 Å². The molecule has 0 aromatic carbocycles. The van der Waals surface area contributed by atoms with E-state index in [9.17, 15) is 4.79 Å². The number of ketones is 1. The summed E-state index contributed by atoms with van der Waals surface area (Å²) in [5, 5.41) is 0. The molecule has 0 heterocycles. The van der Waals surface area contributed by atoms with Gasteiger partial charge >= 0.3 is 0 Å². The van der Waals surface area contributed by atoms with Gasteiger partial charge in [0.2, 0.25) is 0 Å². The highest BCUT2D eigenvalue weighted by Crippen LogP contribution is 2.31. The molecule has 2 heteroatoms. The zero-order valence-electron chi connectivity index (χ0n) is 10.2. The Hall–Kier alpha value is -0.370. The first kappa shape index (κ1) is 12.7. The van der Waals surface area contributed by atoms with E-state index in [2.05, 4.69) is 13.8 Å². The SMILES string of the molecule is CCC(C)CC(=O)C1CCCCC1CN. The second kappa shape index (κ2) is 6.26. The molecule has 0 amide bonds. The van der Waals surface area contributed by atoms with Crippen LogP contribution in [0.25, 0.3) is 0 Å². The maximum atomic E-state index is 12.1. The average molecular weight is 211 g/mol. The van der Waals surface area contributed by atoms with Crippen LogP contribution in [0.15, 0.2) is 0 Å². The summed E-state index contributed by atoms with van der Waals surface area (Å²) in [5.74, 6) is 1.76. The van der Waals surface area contributed by atoms with Crippen LogP contribution in [0, 0.1) is 17.8 Å². The number of carbonyl (C=O) groups excluding carboxylic acids is 1. The molecule has 0 aliphatic heterocycles. The Bertz CT molecular complexity index is 203. The quantitative estimate of drug-likeness (QED) is 0.760. The first-order valence-corrected chi connectivity index (χ1v) is 6.41. The fraction of sp³-hybridized carbons (Fsp3) is 0.923. The van der Waals surface area contributed by atoms with Gasteiger partial charge in [0.25, 0.3) is 0 Å². The number of Topliss-reactive ketones (excluding diaryl/α,β-unsaturated/α-hetero) is 1. The molecule has 3 atom stereocenters. The van der Waals surface area contributed by atoms with E-state index >= 15 is 0 Å². The molecule has 0 aromatic heterocycles. The Balaban J connectivity index is 2.48. The van der Waals surface area contributed by atoms with Gasteiger partial charge in [-0.15, -0.1) is 0 Å². The van der Waals surface area contributed by atoms with Crippen LogP contribution < -0.4 is 5.73 Å². The van der Waals surface area contributed by atoms with Crippen LogP contribution in [0.5, 0.6) is 0 Å². The van der Waals surface area contributed by atoms with E-state index in [1.807, 2.05) is 0 Å². The lowest BCUT2D eigenvalue weighted by atomic mass is 9.75. The van der Waals surface area contributed by atoms with Gasteiger partial charge in [-0.25, -0.2) is 0 Å². The fourth-order valence-electron chi connectivity index (χ4n) is 2.55. The molecule has 2 N–H and O–H groups in total. The van der Waals surface area contributed by atoms with E-state index in [1.54, 1.807) is 0 Å². The highest BCUT2D eigenvalue weighted by molar-refractivity contribution is 5.81. The van der Waals surface area contributed by atoms with Crippen molar-refractivity contribution in [3.63, 3.8) is 0 Å². The van der Waals surface area contributed by atoms with Gasteiger partial charge in [-0.3, -0.25) is 4.79 Å². The lowest BCUT2D eigenvalue weighted by Gasteiger charge is -2.30. The Kier molecular flexibility index (Phi) is 5.30. The molecular formula is C13H25NO. The molecule has 15 heavy (non-hydrogen) atoms. The largest absolute Gasteiger partial charge is 0.330 e. The Morgan fingerprint density at radius 2 is 2.07 bits per heavy atom. The van der Waals surface area contributed by atoms with Gasteiger partial charge in [-0.05, 0) is 31.2 Å². The number of hydrogen-bond acceptors (Lipinski definition) is 2. The van der Waals surface area contributed by atoms with Crippen molar-refractivity contribution in [3.05, 3.63) is 0 Å². The van der Waals surface area contributed by atoms with Crippen LogP contribution in [0.4, 0.5) is 0 Å². The standard InChI is InChI=1S/C13H25NO/c1-3-10(2)8-13(15)12-7-5-4-6-11(12)9-14/h10-12H,3-9,14H2,1-2H3. The van der Waals surface area contributed by atoms with Crippen molar-refractivity contribution in [1.82, 2.24) is 0 Å². The maximum absolute atomic E-state index is 12.1. The molecule has 0 spiro atoms. The van der Waals surface area contributed by atoms with Crippen molar-refractivity contribution in [3.8, 4) is 0 Å². The first-order chi connectivity index (χ1) is 7.19. The van der Waals surface area contributed by atoms with Crippen molar-refractivity contribution in [2.75, 3.05) is 6.54 Å². The van der Waals surface area contributed by atoms with E-state index in [1.165, 1.54) is 12.8 Å². The monoisotopic (exact) mass is 211 g/mol. The zero-order valence-corrected chi connectivity index (χ0v) is 10.2. The molecule has 2 nitrogen and oxygen atoms in total. The minimum absolute atomic E-state index is 0.276. The van der Waals surface area contributed by atoms with Crippen molar-refractivity contribution < 1.29 is 4.79 Å². The summed E-state index contributed by atoms with van der Waals surface area (Å²) in [4.78, 5) is 12.1. The number of rotatable bonds is 5. The summed E-state index contributed by atoms with van der Waals surface area (Å²) >= 11 is 0. The molecule has 1 saturated carbocycles. The van der Waals surface area contributed by atoms with E-state index in [0.29, 0.717) is 24.2 Å². The van der Waals surface area contributed by atoms with Crippen LogP contribution in [0.2, 0.25) is 0 Å². The average Bonchev–Trinajstić information content (AvgIpc) is 2.28. The molecule has 88 valence electrons. The minimum atomic E-state index is 0.276. The Morgan fingerprint density at radius 1 is 1.40 bits per heavy atom. The number of nitrogens with two attached hydrogens (primary N) is 1. The molecule has 0 radical (unpaired) electrons. The van der Waals surface area contributed by atoms with Gasteiger partial charge in [-0.2, -0.15) is 0 Å². The predicted molar refractivity (Wildman–Crippen MR) is 63.6 cm³/mol.